The van der Waals surface area contributed by atoms with Crippen molar-refractivity contribution >= 4 is 50.5 Å². The normalized spacial score (nSPS) is 12.5. The van der Waals surface area contributed by atoms with Gasteiger partial charge in [0.2, 0.25) is 15.9 Å². The van der Waals surface area contributed by atoms with Crippen molar-refractivity contribution in [3.8, 4) is 0 Å². The number of rotatable bonds is 5. The number of aryl methyl sites for hydroxylation is 2. The Morgan fingerprint density at radius 3 is 2.27 bits per heavy atom. The van der Waals surface area contributed by atoms with E-state index < -0.39 is 22.0 Å². The van der Waals surface area contributed by atoms with Gasteiger partial charge in [-0.1, -0.05) is 35.3 Å². The van der Waals surface area contributed by atoms with Crippen molar-refractivity contribution in [2.75, 3.05) is 15.9 Å². The third-order valence-corrected chi connectivity index (χ3v) is 5.81. The van der Waals surface area contributed by atoms with Crippen LogP contribution in [0.25, 0.3) is 0 Å². The highest BCUT2D eigenvalue weighted by Gasteiger charge is 2.30. The maximum Gasteiger partial charge on any atom is 0.247 e. The first-order chi connectivity index (χ1) is 12.0. The number of carbonyl (C=O) groups is 1. The molecule has 0 heterocycles. The summed E-state index contributed by atoms with van der Waals surface area (Å²) in [6.45, 7) is 5.13. The first-order valence-corrected chi connectivity index (χ1v) is 10.4. The van der Waals surface area contributed by atoms with Gasteiger partial charge in [0.05, 0.1) is 11.9 Å². The molecule has 0 saturated carbocycles. The van der Waals surface area contributed by atoms with Crippen molar-refractivity contribution in [1.29, 1.82) is 0 Å². The summed E-state index contributed by atoms with van der Waals surface area (Å²) in [5.74, 6) is -0.477. The van der Waals surface area contributed by atoms with Gasteiger partial charge in [-0.2, -0.15) is 0 Å². The molecule has 0 aromatic heterocycles. The van der Waals surface area contributed by atoms with Crippen LogP contribution in [0.4, 0.5) is 11.4 Å². The molecule has 2 aromatic carbocycles. The lowest BCUT2D eigenvalue weighted by Crippen LogP contribution is -2.45. The van der Waals surface area contributed by atoms with E-state index in [1.807, 2.05) is 6.92 Å². The van der Waals surface area contributed by atoms with Gasteiger partial charge in [-0.3, -0.25) is 9.10 Å². The third-order valence-electron chi connectivity index (χ3n) is 3.94. The first-order valence-electron chi connectivity index (χ1n) is 7.83. The maximum atomic E-state index is 12.7. The predicted molar refractivity (Wildman–Crippen MR) is 108 cm³/mol. The quantitative estimate of drug-likeness (QED) is 0.787. The SMILES string of the molecule is Cc1ccc(NC(=O)[C@H](C)N(c2cc(Cl)ccc2C)S(C)(=O)=O)cc1Cl. The number of anilines is 2. The molecular formula is C18H20Cl2N2O3S. The second-order valence-electron chi connectivity index (χ2n) is 6.12. The minimum atomic E-state index is -3.72. The van der Waals surface area contributed by atoms with Crippen LogP contribution in [0.2, 0.25) is 10.0 Å². The second-order valence-corrected chi connectivity index (χ2v) is 8.82. The highest BCUT2D eigenvalue weighted by atomic mass is 35.5. The monoisotopic (exact) mass is 414 g/mol. The van der Waals surface area contributed by atoms with Gasteiger partial charge in [-0.25, -0.2) is 8.42 Å². The van der Waals surface area contributed by atoms with Gasteiger partial charge in [-0.15, -0.1) is 0 Å². The highest BCUT2D eigenvalue weighted by molar-refractivity contribution is 7.92. The molecule has 0 unspecified atom stereocenters. The second kappa shape index (κ2) is 7.86. The van der Waals surface area contributed by atoms with Crippen LogP contribution in [0, 0.1) is 13.8 Å². The van der Waals surface area contributed by atoms with Crippen molar-refractivity contribution in [1.82, 2.24) is 0 Å². The van der Waals surface area contributed by atoms with E-state index in [1.165, 1.54) is 13.0 Å². The number of nitrogens with one attached hydrogen (secondary N) is 1. The van der Waals surface area contributed by atoms with Gasteiger partial charge in [0.15, 0.2) is 0 Å². The number of hydrogen-bond acceptors (Lipinski definition) is 3. The van der Waals surface area contributed by atoms with Crippen molar-refractivity contribution in [2.45, 2.75) is 26.8 Å². The van der Waals surface area contributed by atoms with Crippen molar-refractivity contribution in [3.05, 3.63) is 57.6 Å². The van der Waals surface area contributed by atoms with E-state index in [2.05, 4.69) is 5.32 Å². The maximum absolute atomic E-state index is 12.7. The number of hydrogen-bond donors (Lipinski definition) is 1. The lowest BCUT2D eigenvalue weighted by molar-refractivity contribution is -0.116. The van der Waals surface area contributed by atoms with E-state index in [4.69, 9.17) is 23.2 Å². The van der Waals surface area contributed by atoms with Crippen LogP contribution in [0.5, 0.6) is 0 Å². The zero-order valence-electron chi connectivity index (χ0n) is 14.9. The van der Waals surface area contributed by atoms with E-state index in [9.17, 15) is 13.2 Å². The van der Waals surface area contributed by atoms with Gasteiger partial charge < -0.3 is 5.32 Å². The molecule has 140 valence electrons. The third kappa shape index (κ3) is 4.69. The fraction of sp³-hybridized carbons (Fsp3) is 0.278. The van der Waals surface area contributed by atoms with Crippen molar-refractivity contribution in [3.63, 3.8) is 0 Å². The summed E-state index contributed by atoms with van der Waals surface area (Å²) in [6.07, 6.45) is 1.06. The van der Waals surface area contributed by atoms with Crippen LogP contribution in [0.3, 0.4) is 0 Å². The van der Waals surface area contributed by atoms with E-state index in [1.54, 1.807) is 37.3 Å². The topological polar surface area (TPSA) is 66.5 Å². The van der Waals surface area contributed by atoms with Crippen LogP contribution in [0.15, 0.2) is 36.4 Å². The zero-order chi connectivity index (χ0) is 19.6. The smallest absolute Gasteiger partial charge is 0.247 e. The van der Waals surface area contributed by atoms with Crippen LogP contribution in [0.1, 0.15) is 18.1 Å². The highest BCUT2D eigenvalue weighted by Crippen LogP contribution is 2.29. The van der Waals surface area contributed by atoms with Crippen LogP contribution in [-0.4, -0.2) is 26.6 Å². The molecule has 26 heavy (non-hydrogen) atoms. The number of nitrogens with zero attached hydrogens (tertiary/aromatic N) is 1. The van der Waals surface area contributed by atoms with Gasteiger partial charge in [-0.05, 0) is 56.2 Å². The van der Waals surface area contributed by atoms with E-state index in [0.717, 1.165) is 16.1 Å². The molecule has 0 spiro atoms. The number of carbonyl (C=O) groups excluding carboxylic acids is 1. The number of halogens is 2. The first kappa shape index (κ1) is 20.6. The lowest BCUT2D eigenvalue weighted by Gasteiger charge is -2.29. The van der Waals surface area contributed by atoms with Crippen molar-refractivity contribution < 1.29 is 13.2 Å². The molecule has 0 aliphatic carbocycles. The minimum Gasteiger partial charge on any atom is -0.324 e. The average Bonchev–Trinajstić information content (AvgIpc) is 2.53. The number of amides is 1. The molecule has 0 saturated heterocycles. The van der Waals surface area contributed by atoms with E-state index >= 15 is 0 Å². The molecule has 1 amide bonds. The van der Waals surface area contributed by atoms with Crippen molar-refractivity contribution in [2.24, 2.45) is 0 Å². The Bertz CT molecular complexity index is 945. The molecule has 5 nitrogen and oxygen atoms in total. The Balaban J connectivity index is 2.37. The summed E-state index contributed by atoms with van der Waals surface area (Å²) in [4.78, 5) is 12.7. The molecule has 0 aliphatic heterocycles. The zero-order valence-corrected chi connectivity index (χ0v) is 17.2. The van der Waals surface area contributed by atoms with Crippen LogP contribution < -0.4 is 9.62 Å². The molecule has 0 fully saturated rings. The summed E-state index contributed by atoms with van der Waals surface area (Å²) >= 11 is 12.1. The molecule has 8 heteroatoms. The molecular weight excluding hydrogens is 395 g/mol. The fourth-order valence-corrected chi connectivity index (χ4v) is 4.09. The Morgan fingerprint density at radius 1 is 1.08 bits per heavy atom. The number of benzene rings is 2. The van der Waals surface area contributed by atoms with Crippen LogP contribution >= 0.6 is 23.2 Å². The summed E-state index contributed by atoms with van der Waals surface area (Å²) in [5.41, 5.74) is 2.43. The fourth-order valence-electron chi connectivity index (χ4n) is 2.52. The summed E-state index contributed by atoms with van der Waals surface area (Å²) in [7, 11) is -3.72. The predicted octanol–water partition coefficient (Wildman–Crippen LogP) is 4.40. The van der Waals surface area contributed by atoms with Gasteiger partial charge in [0.25, 0.3) is 0 Å². The summed E-state index contributed by atoms with van der Waals surface area (Å²) in [6, 6.07) is 9.03. The Hall–Kier alpha value is -1.76. The molecule has 0 aliphatic rings. The Kier molecular flexibility index (Phi) is 6.21. The molecule has 2 aromatic rings. The van der Waals surface area contributed by atoms with E-state index in [0.29, 0.717) is 27.0 Å². The van der Waals surface area contributed by atoms with Gasteiger partial charge >= 0.3 is 0 Å². The molecule has 0 bridgehead atoms. The molecule has 2 rings (SSSR count). The molecule has 0 radical (unpaired) electrons. The van der Waals surface area contributed by atoms with Gasteiger partial charge in [0, 0.05) is 15.7 Å². The summed E-state index contributed by atoms with van der Waals surface area (Å²) < 4.78 is 25.8. The Morgan fingerprint density at radius 2 is 1.69 bits per heavy atom. The standard InChI is InChI=1S/C18H20Cl2N2O3S/c1-11-6-8-15(10-16(11)20)21-18(23)13(3)22(26(4,24)25)17-9-14(19)7-5-12(17)2/h5-10,13H,1-4H3,(H,21,23)/t13-/m0/s1. The van der Waals surface area contributed by atoms with Gasteiger partial charge in [0.1, 0.15) is 6.04 Å². The lowest BCUT2D eigenvalue weighted by atomic mass is 10.1. The van der Waals surface area contributed by atoms with E-state index in [-0.39, 0.29) is 0 Å². The van der Waals surface area contributed by atoms with Crippen LogP contribution in [-0.2, 0) is 14.8 Å². The largest absolute Gasteiger partial charge is 0.324 e. The summed E-state index contributed by atoms with van der Waals surface area (Å²) in [5, 5.41) is 3.60. The molecule has 1 N–H and O–H groups in total. The Labute approximate surface area is 164 Å². The average molecular weight is 415 g/mol. The minimum absolute atomic E-state index is 0.365. The molecule has 1 atom stereocenters. The number of sulfonamides is 1.